The number of benzene rings is 1. The molecular weight excluding hydrogens is 264 g/mol. The molecule has 19 heavy (non-hydrogen) atoms. The molecule has 1 saturated heterocycles. The summed E-state index contributed by atoms with van der Waals surface area (Å²) in [6.45, 7) is 3.38. The fourth-order valence-electron chi connectivity index (χ4n) is 2.25. The molecule has 4 nitrogen and oxygen atoms in total. The van der Waals surface area contributed by atoms with E-state index < -0.39 is 0 Å². The van der Waals surface area contributed by atoms with Crippen molar-refractivity contribution >= 4 is 24.0 Å². The number of nitrogens with zero attached hydrogens (tertiary/aromatic N) is 1. The van der Waals surface area contributed by atoms with Crippen molar-refractivity contribution in [2.45, 2.75) is 25.9 Å². The molecule has 2 rings (SSSR count). The van der Waals surface area contributed by atoms with Gasteiger partial charge >= 0.3 is 0 Å². The highest BCUT2D eigenvalue weighted by Gasteiger charge is 2.21. The number of likely N-dealkylation sites (N-methyl/N-ethyl adjacent to an activating group) is 1. The number of hydrogen-bond donors (Lipinski definition) is 1. The van der Waals surface area contributed by atoms with Crippen LogP contribution in [-0.4, -0.2) is 37.1 Å². The van der Waals surface area contributed by atoms with E-state index >= 15 is 0 Å². The normalized spacial score (nSPS) is 17.9. The summed E-state index contributed by atoms with van der Waals surface area (Å²) in [6, 6.07) is 5.43. The summed E-state index contributed by atoms with van der Waals surface area (Å²) in [5.74, 6) is 0.00954. The largest absolute Gasteiger partial charge is 0.399 e. The molecule has 1 fully saturated rings. The lowest BCUT2D eigenvalue weighted by molar-refractivity contribution is 0.0586. The molecule has 1 aromatic rings. The van der Waals surface area contributed by atoms with Crippen LogP contribution in [-0.2, 0) is 4.74 Å². The summed E-state index contributed by atoms with van der Waals surface area (Å²) in [5.41, 5.74) is 7.98. The standard InChI is InChI=1S/C14H20N2O2.ClH/c1-10-5-6-11(15)8-13(10)14(17)16(2)9-12-4-3-7-18-12;/h5-6,8,12H,3-4,7,9,15H2,1-2H3;1H. The number of carbonyl (C=O) groups excluding carboxylic acids is 1. The van der Waals surface area contributed by atoms with Gasteiger partial charge in [0.05, 0.1) is 6.10 Å². The molecule has 1 aliphatic heterocycles. The summed E-state index contributed by atoms with van der Waals surface area (Å²) in [4.78, 5) is 14.0. The maximum absolute atomic E-state index is 12.3. The lowest BCUT2D eigenvalue weighted by Gasteiger charge is -2.21. The van der Waals surface area contributed by atoms with Crippen LogP contribution < -0.4 is 5.73 Å². The Morgan fingerprint density at radius 2 is 2.26 bits per heavy atom. The summed E-state index contributed by atoms with van der Waals surface area (Å²) in [5, 5.41) is 0. The van der Waals surface area contributed by atoms with Crippen molar-refractivity contribution in [2.24, 2.45) is 0 Å². The van der Waals surface area contributed by atoms with Crippen LogP contribution in [0.15, 0.2) is 18.2 Å². The average molecular weight is 285 g/mol. The fraction of sp³-hybridized carbons (Fsp3) is 0.500. The minimum Gasteiger partial charge on any atom is -0.399 e. The first-order chi connectivity index (χ1) is 8.58. The SMILES string of the molecule is Cc1ccc(N)cc1C(=O)N(C)CC1CCCO1.Cl. The van der Waals surface area contributed by atoms with E-state index in [9.17, 15) is 4.79 Å². The number of ether oxygens (including phenoxy) is 1. The maximum Gasteiger partial charge on any atom is 0.254 e. The highest BCUT2D eigenvalue weighted by molar-refractivity contribution is 5.96. The predicted molar refractivity (Wildman–Crippen MR) is 78.8 cm³/mol. The quantitative estimate of drug-likeness (QED) is 0.866. The summed E-state index contributed by atoms with van der Waals surface area (Å²) in [7, 11) is 1.81. The molecule has 1 aliphatic rings. The van der Waals surface area contributed by atoms with E-state index in [1.807, 2.05) is 26.1 Å². The van der Waals surface area contributed by atoms with Crippen LogP contribution in [0.25, 0.3) is 0 Å². The van der Waals surface area contributed by atoms with Gasteiger partial charge in [0.15, 0.2) is 0 Å². The summed E-state index contributed by atoms with van der Waals surface area (Å²) < 4.78 is 5.55. The molecule has 0 aromatic heterocycles. The Balaban J connectivity index is 0.00000180. The molecule has 1 heterocycles. The van der Waals surface area contributed by atoms with E-state index in [-0.39, 0.29) is 24.4 Å². The molecule has 1 unspecified atom stereocenters. The number of rotatable bonds is 3. The first kappa shape index (κ1) is 15.8. The van der Waals surface area contributed by atoms with Crippen molar-refractivity contribution in [3.05, 3.63) is 29.3 Å². The van der Waals surface area contributed by atoms with Crippen molar-refractivity contribution in [1.82, 2.24) is 4.90 Å². The number of carbonyl (C=O) groups is 1. The van der Waals surface area contributed by atoms with Gasteiger partial charge in [-0.3, -0.25) is 4.79 Å². The van der Waals surface area contributed by atoms with Gasteiger partial charge in [-0.25, -0.2) is 0 Å². The molecule has 106 valence electrons. The number of aryl methyl sites for hydroxylation is 1. The van der Waals surface area contributed by atoms with Gasteiger partial charge in [-0.1, -0.05) is 6.07 Å². The number of nitrogens with two attached hydrogens (primary N) is 1. The Labute approximate surface area is 120 Å². The molecule has 0 spiro atoms. The third kappa shape index (κ3) is 3.85. The Bertz CT molecular complexity index is 445. The molecule has 0 bridgehead atoms. The van der Waals surface area contributed by atoms with Crippen LogP contribution >= 0.6 is 12.4 Å². The van der Waals surface area contributed by atoms with Gasteiger partial charge in [-0.15, -0.1) is 12.4 Å². The highest BCUT2D eigenvalue weighted by atomic mass is 35.5. The Morgan fingerprint density at radius 3 is 2.89 bits per heavy atom. The molecule has 1 atom stereocenters. The molecule has 0 saturated carbocycles. The molecule has 2 N–H and O–H groups in total. The van der Waals surface area contributed by atoms with Crippen LogP contribution in [0.4, 0.5) is 5.69 Å². The van der Waals surface area contributed by atoms with Gasteiger partial charge in [0.2, 0.25) is 0 Å². The van der Waals surface area contributed by atoms with Gasteiger partial charge in [-0.05, 0) is 37.5 Å². The Morgan fingerprint density at radius 1 is 1.53 bits per heavy atom. The second-order valence-electron chi connectivity index (χ2n) is 4.90. The number of halogens is 1. The molecule has 0 aliphatic carbocycles. The summed E-state index contributed by atoms with van der Waals surface area (Å²) in [6.07, 6.45) is 2.30. The smallest absolute Gasteiger partial charge is 0.254 e. The van der Waals surface area contributed by atoms with E-state index in [4.69, 9.17) is 10.5 Å². The second-order valence-corrected chi connectivity index (χ2v) is 4.90. The Hall–Kier alpha value is -1.26. The van der Waals surface area contributed by atoms with E-state index in [0.29, 0.717) is 17.8 Å². The van der Waals surface area contributed by atoms with Crippen LogP contribution in [0.3, 0.4) is 0 Å². The first-order valence-electron chi connectivity index (χ1n) is 6.31. The van der Waals surface area contributed by atoms with Crippen molar-refractivity contribution in [3.8, 4) is 0 Å². The van der Waals surface area contributed by atoms with Crippen molar-refractivity contribution in [2.75, 3.05) is 25.9 Å². The molecule has 0 radical (unpaired) electrons. The van der Waals surface area contributed by atoms with Gasteiger partial charge in [-0.2, -0.15) is 0 Å². The first-order valence-corrected chi connectivity index (χ1v) is 6.31. The lowest BCUT2D eigenvalue weighted by Crippen LogP contribution is -2.34. The summed E-state index contributed by atoms with van der Waals surface area (Å²) >= 11 is 0. The number of hydrogen-bond acceptors (Lipinski definition) is 3. The van der Waals surface area contributed by atoms with Crippen LogP contribution in [0, 0.1) is 6.92 Å². The number of nitrogen functional groups attached to an aromatic ring is 1. The van der Waals surface area contributed by atoms with Gasteiger partial charge in [0, 0.05) is 31.5 Å². The minimum atomic E-state index is 0. The van der Waals surface area contributed by atoms with Crippen LogP contribution in [0.5, 0.6) is 0 Å². The third-order valence-electron chi connectivity index (χ3n) is 3.34. The zero-order valence-corrected chi connectivity index (χ0v) is 12.2. The topological polar surface area (TPSA) is 55.6 Å². The van der Waals surface area contributed by atoms with Crippen molar-refractivity contribution in [3.63, 3.8) is 0 Å². The average Bonchev–Trinajstić information content (AvgIpc) is 2.84. The van der Waals surface area contributed by atoms with Crippen LogP contribution in [0.1, 0.15) is 28.8 Å². The highest BCUT2D eigenvalue weighted by Crippen LogP contribution is 2.17. The van der Waals surface area contributed by atoms with Gasteiger partial charge < -0.3 is 15.4 Å². The monoisotopic (exact) mass is 284 g/mol. The van der Waals surface area contributed by atoms with E-state index in [1.54, 1.807) is 11.0 Å². The molecule has 1 aromatic carbocycles. The molecule has 1 amide bonds. The maximum atomic E-state index is 12.3. The van der Waals surface area contributed by atoms with E-state index in [1.165, 1.54) is 0 Å². The fourth-order valence-corrected chi connectivity index (χ4v) is 2.25. The minimum absolute atomic E-state index is 0. The number of amides is 1. The van der Waals surface area contributed by atoms with Crippen LogP contribution in [0.2, 0.25) is 0 Å². The van der Waals surface area contributed by atoms with Gasteiger partial charge in [0.25, 0.3) is 5.91 Å². The van der Waals surface area contributed by atoms with Crippen molar-refractivity contribution in [1.29, 1.82) is 0 Å². The molecule has 5 heteroatoms. The van der Waals surface area contributed by atoms with Crippen molar-refractivity contribution < 1.29 is 9.53 Å². The third-order valence-corrected chi connectivity index (χ3v) is 3.34. The number of anilines is 1. The Kier molecular flexibility index (Phi) is 5.63. The predicted octanol–water partition coefficient (Wildman–Crippen LogP) is 2.25. The second kappa shape index (κ2) is 6.78. The lowest BCUT2D eigenvalue weighted by atomic mass is 10.1. The van der Waals surface area contributed by atoms with E-state index in [2.05, 4.69) is 0 Å². The zero-order chi connectivity index (χ0) is 13.1. The zero-order valence-electron chi connectivity index (χ0n) is 11.4. The molecular formula is C14H21ClN2O2. The van der Waals surface area contributed by atoms with Gasteiger partial charge in [0.1, 0.15) is 0 Å². The van der Waals surface area contributed by atoms with E-state index in [0.717, 1.165) is 25.0 Å².